The van der Waals surface area contributed by atoms with Gasteiger partial charge in [-0.25, -0.2) is 0 Å². The van der Waals surface area contributed by atoms with Gasteiger partial charge in [0.25, 0.3) is 0 Å². The molecule has 1 aromatic carbocycles. The molecule has 0 aromatic heterocycles. The zero-order chi connectivity index (χ0) is 16.3. The average molecular weight is 386 g/mol. The van der Waals surface area contributed by atoms with E-state index in [9.17, 15) is 26.2 Å². The molecule has 0 amide bonds. The molecule has 0 N–H and O–H groups in total. The second kappa shape index (κ2) is 7.23. The smallest absolute Gasteiger partial charge is 0.191 e. The first kappa shape index (κ1) is 18.6. The zero-order valence-electron chi connectivity index (χ0n) is 9.96. The Morgan fingerprint density at radius 2 is 1.95 bits per heavy atom. The van der Waals surface area contributed by atoms with E-state index >= 15 is 0 Å². The topological polar surface area (TPSA) is 78.9 Å². The third kappa shape index (κ3) is 5.70. The fraction of sp³-hybridized carbons (Fsp3) is 0.250. The molecule has 1 unspecified atom stereocenters. The molecule has 0 bridgehead atoms. The molecule has 0 aliphatic carbocycles. The molecule has 21 heavy (non-hydrogen) atoms. The van der Waals surface area contributed by atoms with Gasteiger partial charge in [-0.05, 0) is 23.9 Å². The molecule has 0 radical (unpaired) electrons. The number of benzene rings is 1. The Balaban J connectivity index is 3.18. The van der Waals surface area contributed by atoms with Gasteiger partial charge in [-0.2, -0.15) is 21.6 Å². The van der Waals surface area contributed by atoms with Gasteiger partial charge in [0.1, 0.15) is 4.90 Å². The molecule has 118 valence electrons. The molecular weight excluding hydrogens is 380 g/mol. The summed E-state index contributed by atoms with van der Waals surface area (Å²) in [4.78, 5) is -1.67. The summed E-state index contributed by atoms with van der Waals surface area (Å²) in [6, 6.07) is 3.07. The Morgan fingerprint density at radius 1 is 1.33 bits per heavy atom. The highest BCUT2D eigenvalue weighted by atomic mass is 35.5. The minimum Gasteiger partial charge on any atom is -0.191 e. The van der Waals surface area contributed by atoms with E-state index in [4.69, 9.17) is 11.6 Å². The van der Waals surface area contributed by atoms with Crippen molar-refractivity contribution < 1.29 is 39.7 Å². The second-order valence-corrected chi connectivity index (χ2v) is 7.05. The van der Waals surface area contributed by atoms with Crippen molar-refractivity contribution >= 4 is 41.7 Å². The summed E-state index contributed by atoms with van der Waals surface area (Å²) in [5.41, 5.74) is -4.74. The predicted molar refractivity (Wildman–Crippen MR) is 67.3 cm³/mol. The number of halogens is 4. The number of hydrogen-bond donors (Lipinski definition) is 0. The molecule has 1 rings (SSSR count). The van der Waals surface area contributed by atoms with E-state index in [1.54, 1.807) is 0 Å². The van der Waals surface area contributed by atoms with Gasteiger partial charge >= 0.3 is 23.9 Å². The Kier molecular flexibility index (Phi) is 6.41. The highest BCUT2D eigenvalue weighted by Crippen LogP contribution is 2.42. The van der Waals surface area contributed by atoms with Gasteiger partial charge in [-0.15, -0.1) is 4.52 Å². The largest absolute Gasteiger partial charge is 0.729 e. The lowest BCUT2D eigenvalue weighted by Gasteiger charge is -2.10. The quantitative estimate of drug-likeness (QED) is 0.318. The minimum absolute atomic E-state index is 0.513. The number of rotatable bonds is 6. The average Bonchev–Trinajstić information content (AvgIpc) is 2.33. The molecule has 0 saturated heterocycles. The van der Waals surface area contributed by atoms with E-state index in [1.165, 1.54) is 0 Å². The van der Waals surface area contributed by atoms with Crippen molar-refractivity contribution in [1.29, 1.82) is 0 Å². The van der Waals surface area contributed by atoms with Crippen molar-refractivity contribution in [1.82, 2.24) is 0 Å². The first-order chi connectivity index (χ1) is 9.57. The first-order valence-electron chi connectivity index (χ1n) is 4.73. The maximum absolute atomic E-state index is 12.4. The van der Waals surface area contributed by atoms with Crippen molar-refractivity contribution in [3.63, 3.8) is 0 Å². The van der Waals surface area contributed by atoms with Gasteiger partial charge in [0.2, 0.25) is 0 Å². The fourth-order valence-corrected chi connectivity index (χ4v) is 3.88. The van der Waals surface area contributed by atoms with Crippen LogP contribution < -0.4 is 0 Å². The van der Waals surface area contributed by atoms with Crippen LogP contribution in [0.15, 0.2) is 28.0 Å². The van der Waals surface area contributed by atoms with Gasteiger partial charge in [-0.3, -0.25) is 0 Å². The lowest BCUT2D eigenvalue weighted by atomic mass is 10.4. The van der Waals surface area contributed by atoms with Crippen LogP contribution in [-0.4, -0.2) is 21.0 Å². The molecule has 0 aliphatic heterocycles. The number of thioether (sulfide) groups is 1. The normalized spacial score (nSPS) is 13.3. The summed E-state index contributed by atoms with van der Waals surface area (Å²) in [6.45, 7) is 0. The molecule has 1 aromatic rings. The first-order valence-corrected chi connectivity index (χ1v) is 8.43. The molecule has 6 nitrogen and oxygen atoms in total. The van der Waals surface area contributed by atoms with Crippen LogP contribution >= 0.6 is 31.6 Å². The summed E-state index contributed by atoms with van der Waals surface area (Å²) in [7, 11) is -6.80. The fourth-order valence-electron chi connectivity index (χ4n) is 1.07. The summed E-state index contributed by atoms with van der Waals surface area (Å²) in [5, 5.41) is -0.513. The van der Waals surface area contributed by atoms with Gasteiger partial charge in [0, 0.05) is 9.46 Å². The van der Waals surface area contributed by atoms with E-state index in [-0.39, 0.29) is 0 Å². The molecule has 0 heterocycles. The maximum Gasteiger partial charge on any atom is 0.729 e. The van der Waals surface area contributed by atoms with Crippen LogP contribution in [0.4, 0.5) is 13.2 Å². The lowest BCUT2D eigenvalue weighted by molar-refractivity contribution is -0.0963. The van der Waals surface area contributed by atoms with Crippen LogP contribution in [-0.2, 0) is 28.2 Å². The molecule has 1 atom stereocenters. The van der Waals surface area contributed by atoms with Crippen molar-refractivity contribution in [2.45, 2.75) is 15.3 Å². The van der Waals surface area contributed by atoms with Crippen molar-refractivity contribution in [3.8, 4) is 0 Å². The Hall–Kier alpha value is -0.420. The molecular formula is C8H6ClF3O6PS2+. The highest BCUT2D eigenvalue weighted by molar-refractivity contribution is 8.00. The number of alkyl halides is 3. The molecule has 0 fully saturated rings. The Labute approximate surface area is 127 Å². The Bertz CT molecular complexity index is 635. The van der Waals surface area contributed by atoms with Crippen LogP contribution in [0.5, 0.6) is 0 Å². The third-order valence-corrected chi connectivity index (χ3v) is 4.87. The van der Waals surface area contributed by atoms with Crippen LogP contribution in [0.3, 0.4) is 0 Å². The maximum atomic E-state index is 12.4. The summed E-state index contributed by atoms with van der Waals surface area (Å²) >= 11 is 4.90. The van der Waals surface area contributed by atoms with Gasteiger partial charge < -0.3 is 0 Å². The standard InChI is InChI=1S/C8H6ClF3O6PS2/c1-16-19(13)17-18-21(14,15)7-5(9)3-2-4-6(7)20-8(10,11)12/h2-4H,1H3/q+1. The molecule has 13 heteroatoms. The van der Waals surface area contributed by atoms with Crippen molar-refractivity contribution in [2.24, 2.45) is 0 Å². The van der Waals surface area contributed by atoms with Crippen molar-refractivity contribution in [2.75, 3.05) is 7.11 Å². The molecule has 0 saturated carbocycles. The van der Waals surface area contributed by atoms with E-state index < -0.39 is 50.5 Å². The van der Waals surface area contributed by atoms with Gasteiger partial charge in [-0.1, -0.05) is 22.0 Å². The van der Waals surface area contributed by atoms with Gasteiger partial charge in [0.15, 0.2) is 0 Å². The van der Waals surface area contributed by atoms with Crippen LogP contribution in [0.25, 0.3) is 0 Å². The molecule has 0 spiro atoms. The monoisotopic (exact) mass is 385 g/mol. The summed E-state index contributed by atoms with van der Waals surface area (Å²) in [6.07, 6.45) is 0. The third-order valence-electron chi connectivity index (χ3n) is 1.74. The van der Waals surface area contributed by atoms with E-state index in [0.29, 0.717) is 0 Å². The second-order valence-electron chi connectivity index (χ2n) is 3.12. The minimum atomic E-state index is -4.84. The van der Waals surface area contributed by atoms with Crippen molar-refractivity contribution in [3.05, 3.63) is 23.2 Å². The highest BCUT2D eigenvalue weighted by Gasteiger charge is 2.36. The van der Waals surface area contributed by atoms with E-state index in [0.717, 1.165) is 25.3 Å². The zero-order valence-corrected chi connectivity index (χ0v) is 13.2. The Morgan fingerprint density at radius 3 is 2.48 bits per heavy atom. The van der Waals surface area contributed by atoms with Crippen LogP contribution in [0, 0.1) is 0 Å². The van der Waals surface area contributed by atoms with E-state index in [1.807, 2.05) is 0 Å². The van der Waals surface area contributed by atoms with Crippen LogP contribution in [0.2, 0.25) is 5.02 Å². The van der Waals surface area contributed by atoms with E-state index in [2.05, 4.69) is 13.5 Å². The van der Waals surface area contributed by atoms with Gasteiger partial charge in [0.05, 0.1) is 16.8 Å². The lowest BCUT2D eigenvalue weighted by Crippen LogP contribution is -2.09. The summed E-state index contributed by atoms with van der Waals surface area (Å²) < 4.78 is 83.4. The van der Waals surface area contributed by atoms with Crippen LogP contribution in [0.1, 0.15) is 0 Å². The number of hydrogen-bond acceptors (Lipinski definition) is 7. The summed E-state index contributed by atoms with van der Waals surface area (Å²) in [5.74, 6) is 0. The predicted octanol–water partition coefficient (Wildman–Crippen LogP) is 3.89. The SMILES string of the molecule is CO[P+](=O)OOS(=O)(=O)c1c(Cl)cccc1SC(F)(F)F. The molecule has 0 aliphatic rings.